The van der Waals surface area contributed by atoms with Crippen molar-refractivity contribution in [3.8, 4) is 5.75 Å². The van der Waals surface area contributed by atoms with Gasteiger partial charge in [-0.25, -0.2) is 4.98 Å². The lowest BCUT2D eigenvalue weighted by molar-refractivity contribution is 0.344. The predicted octanol–water partition coefficient (Wildman–Crippen LogP) is 4.24. The minimum atomic E-state index is -0.111. The molecule has 124 valence electrons. The van der Waals surface area contributed by atoms with Gasteiger partial charge in [0.05, 0.1) is 12.3 Å². The first-order valence-corrected chi connectivity index (χ1v) is 9.67. The van der Waals surface area contributed by atoms with Crippen LogP contribution in [0.15, 0.2) is 40.3 Å². The van der Waals surface area contributed by atoms with E-state index in [1.165, 1.54) is 11.8 Å². The Kier molecular flexibility index (Phi) is 7.33. The molecular formula is C16H19ClN2O2S2. The molecule has 1 aromatic carbocycles. The lowest BCUT2D eigenvalue weighted by atomic mass is 10.3. The topological polar surface area (TPSA) is 55.0 Å². The molecule has 1 aromatic heterocycles. The lowest BCUT2D eigenvalue weighted by Crippen LogP contribution is -2.11. The third-order valence-corrected chi connectivity index (χ3v) is 4.96. The van der Waals surface area contributed by atoms with Gasteiger partial charge in [-0.1, -0.05) is 37.2 Å². The Morgan fingerprint density at radius 3 is 2.74 bits per heavy atom. The van der Waals surface area contributed by atoms with Gasteiger partial charge in [0.2, 0.25) is 0 Å². The Hall–Kier alpha value is -1.11. The maximum atomic E-state index is 11.7. The number of thioether (sulfide) groups is 2. The van der Waals surface area contributed by atoms with Gasteiger partial charge in [0.25, 0.3) is 5.56 Å². The van der Waals surface area contributed by atoms with Crippen molar-refractivity contribution in [2.75, 3.05) is 12.4 Å². The first-order chi connectivity index (χ1) is 11.0. The first kappa shape index (κ1) is 18.2. The second-order valence-electron chi connectivity index (χ2n) is 5.05. The van der Waals surface area contributed by atoms with Gasteiger partial charge < -0.3 is 9.72 Å². The van der Waals surface area contributed by atoms with Crippen LogP contribution in [0, 0.1) is 0 Å². The summed E-state index contributed by atoms with van der Waals surface area (Å²) >= 11 is 9.07. The van der Waals surface area contributed by atoms with Crippen molar-refractivity contribution in [3.05, 3.63) is 51.4 Å². The van der Waals surface area contributed by atoms with Crippen molar-refractivity contribution in [1.82, 2.24) is 9.97 Å². The molecule has 0 bridgehead atoms. The van der Waals surface area contributed by atoms with Crippen LogP contribution >= 0.6 is 35.1 Å². The molecule has 0 aliphatic carbocycles. The van der Waals surface area contributed by atoms with Crippen LogP contribution in [-0.4, -0.2) is 27.6 Å². The second kappa shape index (κ2) is 9.25. The number of benzene rings is 1. The van der Waals surface area contributed by atoms with E-state index in [1.54, 1.807) is 30.0 Å². The van der Waals surface area contributed by atoms with E-state index in [1.807, 2.05) is 12.1 Å². The number of nitrogens with one attached hydrogen (secondary N) is 1. The summed E-state index contributed by atoms with van der Waals surface area (Å²) in [6, 6.07) is 8.80. The Balaban J connectivity index is 1.82. The molecule has 0 saturated carbocycles. The number of rotatable bonds is 8. The van der Waals surface area contributed by atoms with Gasteiger partial charge in [0.1, 0.15) is 5.75 Å². The summed E-state index contributed by atoms with van der Waals surface area (Å²) < 4.78 is 5.62. The Labute approximate surface area is 149 Å². The predicted molar refractivity (Wildman–Crippen MR) is 99.0 cm³/mol. The SMILES string of the molecule is CC(C)SCc1cc(=O)[nH]c(SCCOc2ccc(Cl)cc2)n1. The molecule has 1 heterocycles. The fourth-order valence-corrected chi connectivity index (χ4v) is 3.20. The van der Waals surface area contributed by atoms with Crippen LogP contribution in [0.3, 0.4) is 0 Å². The van der Waals surface area contributed by atoms with Gasteiger partial charge in [-0.3, -0.25) is 4.79 Å². The Morgan fingerprint density at radius 1 is 1.30 bits per heavy atom. The number of nitrogens with zero attached hydrogens (tertiary/aromatic N) is 1. The second-order valence-corrected chi connectivity index (χ2v) is 8.14. The van der Waals surface area contributed by atoms with Crippen LogP contribution < -0.4 is 10.3 Å². The van der Waals surface area contributed by atoms with Gasteiger partial charge in [0, 0.05) is 22.6 Å². The zero-order chi connectivity index (χ0) is 16.7. The molecule has 2 aromatic rings. The molecule has 23 heavy (non-hydrogen) atoms. The molecule has 0 amide bonds. The largest absolute Gasteiger partial charge is 0.493 e. The Morgan fingerprint density at radius 2 is 2.04 bits per heavy atom. The van der Waals surface area contributed by atoms with Crippen molar-refractivity contribution >= 4 is 35.1 Å². The summed E-state index contributed by atoms with van der Waals surface area (Å²) in [6.07, 6.45) is 0. The maximum absolute atomic E-state index is 11.7. The molecule has 0 spiro atoms. The highest BCUT2D eigenvalue weighted by atomic mass is 35.5. The lowest BCUT2D eigenvalue weighted by Gasteiger charge is -2.07. The summed E-state index contributed by atoms with van der Waals surface area (Å²) in [5, 5.41) is 1.83. The number of H-pyrrole nitrogens is 1. The maximum Gasteiger partial charge on any atom is 0.251 e. The van der Waals surface area contributed by atoms with E-state index in [4.69, 9.17) is 16.3 Å². The van der Waals surface area contributed by atoms with Crippen molar-refractivity contribution < 1.29 is 4.74 Å². The molecule has 2 rings (SSSR count). The molecule has 7 heteroatoms. The van der Waals surface area contributed by atoms with E-state index in [2.05, 4.69) is 23.8 Å². The fourth-order valence-electron chi connectivity index (χ4n) is 1.71. The zero-order valence-corrected chi connectivity index (χ0v) is 15.4. The monoisotopic (exact) mass is 370 g/mol. The average molecular weight is 371 g/mol. The van der Waals surface area contributed by atoms with Crippen LogP contribution in [0.4, 0.5) is 0 Å². The highest BCUT2D eigenvalue weighted by Gasteiger charge is 2.04. The van der Waals surface area contributed by atoms with Crippen molar-refractivity contribution in [1.29, 1.82) is 0 Å². The molecule has 0 radical (unpaired) electrons. The van der Waals surface area contributed by atoms with Gasteiger partial charge in [-0.2, -0.15) is 11.8 Å². The summed E-state index contributed by atoms with van der Waals surface area (Å²) in [6.45, 7) is 4.78. The van der Waals surface area contributed by atoms with Crippen molar-refractivity contribution in [2.24, 2.45) is 0 Å². The average Bonchev–Trinajstić information content (AvgIpc) is 2.51. The molecule has 0 unspecified atom stereocenters. The van der Waals surface area contributed by atoms with Crippen LogP contribution in [0.25, 0.3) is 0 Å². The third kappa shape index (κ3) is 6.89. The van der Waals surface area contributed by atoms with Crippen LogP contribution in [-0.2, 0) is 5.75 Å². The van der Waals surface area contributed by atoms with E-state index >= 15 is 0 Å². The van der Waals surface area contributed by atoms with Gasteiger partial charge in [0.15, 0.2) is 5.16 Å². The highest BCUT2D eigenvalue weighted by Crippen LogP contribution is 2.18. The molecule has 0 saturated heterocycles. The van der Waals surface area contributed by atoms with Crippen LogP contribution in [0.2, 0.25) is 5.02 Å². The minimum absolute atomic E-state index is 0.111. The highest BCUT2D eigenvalue weighted by molar-refractivity contribution is 7.99. The molecule has 1 N–H and O–H groups in total. The molecule has 0 fully saturated rings. The van der Waals surface area contributed by atoms with E-state index in [-0.39, 0.29) is 5.56 Å². The Bertz CT molecular complexity index is 675. The number of hydrogen-bond acceptors (Lipinski definition) is 5. The summed E-state index contributed by atoms with van der Waals surface area (Å²) in [5.41, 5.74) is 0.703. The van der Waals surface area contributed by atoms with Crippen molar-refractivity contribution in [2.45, 2.75) is 30.0 Å². The molecule has 0 aliphatic rings. The number of halogens is 1. The van der Waals surface area contributed by atoms with E-state index < -0.39 is 0 Å². The summed E-state index contributed by atoms with van der Waals surface area (Å²) in [4.78, 5) is 18.9. The first-order valence-electron chi connectivity index (χ1n) is 7.26. The number of ether oxygens (including phenoxy) is 1. The molecule has 0 atom stereocenters. The zero-order valence-electron chi connectivity index (χ0n) is 13.0. The van der Waals surface area contributed by atoms with E-state index in [0.717, 1.165) is 17.2 Å². The summed E-state index contributed by atoms with van der Waals surface area (Å²) in [7, 11) is 0. The van der Waals surface area contributed by atoms with Gasteiger partial charge in [-0.15, -0.1) is 0 Å². The normalized spacial score (nSPS) is 11.0. The van der Waals surface area contributed by atoms with E-state index in [0.29, 0.717) is 27.8 Å². The molecule has 0 aliphatic heterocycles. The van der Waals surface area contributed by atoms with Crippen LogP contribution in [0.1, 0.15) is 19.5 Å². The summed E-state index contributed by atoms with van der Waals surface area (Å²) in [5.74, 6) is 2.22. The number of hydrogen-bond donors (Lipinski definition) is 1. The van der Waals surface area contributed by atoms with Crippen LogP contribution in [0.5, 0.6) is 5.75 Å². The third-order valence-electron chi connectivity index (χ3n) is 2.74. The number of aromatic amines is 1. The molecule has 4 nitrogen and oxygen atoms in total. The minimum Gasteiger partial charge on any atom is -0.493 e. The van der Waals surface area contributed by atoms with E-state index in [9.17, 15) is 4.79 Å². The van der Waals surface area contributed by atoms with Gasteiger partial charge >= 0.3 is 0 Å². The fraction of sp³-hybridized carbons (Fsp3) is 0.375. The number of aromatic nitrogens is 2. The van der Waals surface area contributed by atoms with Gasteiger partial charge in [-0.05, 0) is 29.5 Å². The quantitative estimate of drug-likeness (QED) is 0.428. The molecular weight excluding hydrogens is 352 g/mol. The smallest absolute Gasteiger partial charge is 0.251 e. The van der Waals surface area contributed by atoms with Crippen molar-refractivity contribution in [3.63, 3.8) is 0 Å². The standard InChI is InChI=1S/C16H19ClN2O2S2/c1-11(2)23-10-13-9-15(20)19-16(18-13)22-8-7-21-14-5-3-12(17)4-6-14/h3-6,9,11H,7-8,10H2,1-2H3,(H,18,19,20).